The van der Waals surface area contributed by atoms with Crippen molar-refractivity contribution in [3.63, 3.8) is 0 Å². The predicted molar refractivity (Wildman–Crippen MR) is 172 cm³/mol. The summed E-state index contributed by atoms with van der Waals surface area (Å²) in [6, 6.07) is 21.5. The summed E-state index contributed by atoms with van der Waals surface area (Å²) in [4.78, 5) is 29.5. The van der Waals surface area contributed by atoms with E-state index in [2.05, 4.69) is 20.3 Å². The Labute approximate surface area is 261 Å². The highest BCUT2D eigenvalue weighted by Gasteiger charge is 2.26. The third-order valence-corrected chi connectivity index (χ3v) is 8.80. The number of ether oxygens (including phenoxy) is 2. The molecule has 4 aromatic rings. The summed E-state index contributed by atoms with van der Waals surface area (Å²) in [5.41, 5.74) is 2.58. The lowest BCUT2D eigenvalue weighted by Crippen LogP contribution is -2.40. The van der Waals surface area contributed by atoms with Crippen molar-refractivity contribution >= 4 is 39.2 Å². The first-order valence-corrected chi connectivity index (χ1v) is 16.2. The van der Waals surface area contributed by atoms with Gasteiger partial charge >= 0.3 is 12.2 Å². The molecule has 0 spiro atoms. The molecule has 0 aliphatic heterocycles. The summed E-state index contributed by atoms with van der Waals surface area (Å²) in [5.74, 6) is 0. The monoisotopic (exact) mass is 636 g/mol. The number of thiazole rings is 1. The number of sulfonamides is 1. The number of hydrogen-bond acceptors (Lipinski definition) is 8. The van der Waals surface area contributed by atoms with Crippen LogP contribution >= 0.6 is 11.3 Å². The first kappa shape index (κ1) is 32.6. The van der Waals surface area contributed by atoms with Crippen LogP contribution in [-0.2, 0) is 32.6 Å². The van der Waals surface area contributed by atoms with Crippen LogP contribution in [0.4, 0.5) is 15.3 Å². The van der Waals surface area contributed by atoms with Gasteiger partial charge in [0.25, 0.3) is 0 Å². The van der Waals surface area contributed by atoms with Gasteiger partial charge in [-0.1, -0.05) is 42.5 Å². The average Bonchev–Trinajstić information content (AvgIpc) is 3.44. The summed E-state index contributed by atoms with van der Waals surface area (Å²) in [6.07, 6.45) is 0.253. The molecule has 3 aromatic carbocycles. The molecule has 0 saturated carbocycles. The normalized spacial score (nSPS) is 11.7. The standard InChI is InChI=1S/C32H36N4O6S2/c1-21(2)42-31(38)35-25-14-12-24(13-15-25)29-33-19-27(43-29)26-16-11-23(17-28(26)44(39,40)36-32(3,4)5)18-34-30(37)41-20-22-9-7-6-8-10-22/h6-17,19,21,36H,18,20H2,1-5H3,(H,34,37)(H,35,38). The van der Waals surface area contributed by atoms with Crippen LogP contribution in [0.25, 0.3) is 21.0 Å². The topological polar surface area (TPSA) is 136 Å². The maximum Gasteiger partial charge on any atom is 0.411 e. The van der Waals surface area contributed by atoms with Crippen molar-refractivity contribution in [1.29, 1.82) is 0 Å². The number of benzene rings is 3. The number of carbonyl (C=O) groups excluding carboxylic acids is 2. The van der Waals surface area contributed by atoms with Crippen molar-refractivity contribution in [3.8, 4) is 21.0 Å². The van der Waals surface area contributed by atoms with Crippen LogP contribution in [0.1, 0.15) is 45.7 Å². The van der Waals surface area contributed by atoms with E-state index in [1.54, 1.807) is 71.1 Å². The third-order valence-electron chi connectivity index (χ3n) is 5.92. The maximum absolute atomic E-state index is 13.6. The summed E-state index contributed by atoms with van der Waals surface area (Å²) in [5, 5.41) is 6.04. The van der Waals surface area contributed by atoms with E-state index in [1.807, 2.05) is 42.5 Å². The fraction of sp³-hybridized carbons (Fsp3) is 0.281. The molecular weight excluding hydrogens is 601 g/mol. The lowest BCUT2D eigenvalue weighted by atomic mass is 10.1. The Hall–Kier alpha value is -4.26. The van der Waals surface area contributed by atoms with Gasteiger partial charge in [0.2, 0.25) is 10.0 Å². The first-order chi connectivity index (χ1) is 20.8. The molecule has 0 bridgehead atoms. The van der Waals surface area contributed by atoms with Gasteiger partial charge in [-0.2, -0.15) is 0 Å². The number of amides is 2. The Bertz CT molecular complexity index is 1700. The molecular formula is C32H36N4O6S2. The van der Waals surface area contributed by atoms with Crippen molar-refractivity contribution in [2.24, 2.45) is 0 Å². The third kappa shape index (κ3) is 9.37. The van der Waals surface area contributed by atoms with E-state index in [0.29, 0.717) is 26.7 Å². The van der Waals surface area contributed by atoms with Gasteiger partial charge in [0, 0.05) is 35.1 Å². The minimum absolute atomic E-state index is 0.0720. The number of nitrogens with one attached hydrogen (secondary N) is 3. The second kappa shape index (κ2) is 14.0. The maximum atomic E-state index is 13.6. The Kier molecular flexibility index (Phi) is 10.4. The summed E-state index contributed by atoms with van der Waals surface area (Å²) in [6.45, 7) is 9.04. The molecule has 0 unspecified atom stereocenters. The zero-order valence-corrected chi connectivity index (χ0v) is 26.8. The fourth-order valence-electron chi connectivity index (χ4n) is 4.10. The van der Waals surface area contributed by atoms with E-state index < -0.39 is 27.7 Å². The molecule has 4 rings (SSSR count). The summed E-state index contributed by atoms with van der Waals surface area (Å²) < 4.78 is 40.3. The van der Waals surface area contributed by atoms with Gasteiger partial charge < -0.3 is 14.8 Å². The molecule has 232 valence electrons. The highest BCUT2D eigenvalue weighted by molar-refractivity contribution is 7.89. The van der Waals surface area contributed by atoms with Crippen molar-refractivity contribution in [2.45, 2.75) is 64.3 Å². The highest BCUT2D eigenvalue weighted by Crippen LogP contribution is 2.36. The number of alkyl carbamates (subject to hydrolysis) is 1. The number of rotatable bonds is 10. The highest BCUT2D eigenvalue weighted by atomic mass is 32.2. The zero-order chi connectivity index (χ0) is 31.9. The lowest BCUT2D eigenvalue weighted by Gasteiger charge is -2.22. The second-order valence-electron chi connectivity index (χ2n) is 11.3. The van der Waals surface area contributed by atoms with Gasteiger partial charge in [0.05, 0.1) is 15.9 Å². The number of carbonyl (C=O) groups is 2. The average molecular weight is 637 g/mol. The molecule has 44 heavy (non-hydrogen) atoms. The van der Waals surface area contributed by atoms with Crippen molar-refractivity contribution in [3.05, 3.63) is 90.1 Å². The molecule has 1 aromatic heterocycles. The number of hydrogen-bond donors (Lipinski definition) is 3. The lowest BCUT2D eigenvalue weighted by molar-refractivity contribution is 0.130. The molecule has 10 nitrogen and oxygen atoms in total. The Balaban J connectivity index is 1.54. The van der Waals surface area contributed by atoms with E-state index >= 15 is 0 Å². The van der Waals surface area contributed by atoms with Crippen LogP contribution < -0.4 is 15.4 Å². The van der Waals surface area contributed by atoms with Gasteiger partial charge in [-0.3, -0.25) is 5.32 Å². The summed E-state index contributed by atoms with van der Waals surface area (Å²) in [7, 11) is -3.95. The van der Waals surface area contributed by atoms with Crippen molar-refractivity contribution < 1.29 is 27.5 Å². The minimum Gasteiger partial charge on any atom is -0.447 e. The van der Waals surface area contributed by atoms with Crippen LogP contribution in [0, 0.1) is 0 Å². The number of aromatic nitrogens is 1. The molecule has 0 radical (unpaired) electrons. The van der Waals surface area contributed by atoms with Crippen LogP contribution in [0.15, 0.2) is 83.9 Å². The molecule has 0 aliphatic rings. The molecule has 1 heterocycles. The van der Waals surface area contributed by atoms with Crippen LogP contribution in [0.3, 0.4) is 0 Å². The van der Waals surface area contributed by atoms with Crippen LogP contribution in [0.2, 0.25) is 0 Å². The van der Waals surface area contributed by atoms with Gasteiger partial charge in [-0.25, -0.2) is 27.7 Å². The first-order valence-electron chi connectivity index (χ1n) is 13.9. The predicted octanol–water partition coefficient (Wildman–Crippen LogP) is 6.94. The Morgan fingerprint density at radius 3 is 2.30 bits per heavy atom. The van der Waals surface area contributed by atoms with Gasteiger partial charge in [-0.15, -0.1) is 11.3 Å². The number of nitrogens with zero attached hydrogens (tertiary/aromatic N) is 1. The van der Waals surface area contributed by atoms with E-state index in [0.717, 1.165) is 11.1 Å². The minimum atomic E-state index is -3.95. The van der Waals surface area contributed by atoms with Gasteiger partial charge in [-0.05, 0) is 76.1 Å². The van der Waals surface area contributed by atoms with Crippen LogP contribution in [-0.4, -0.2) is 37.2 Å². The molecule has 0 fully saturated rings. The number of anilines is 1. The molecule has 2 amide bonds. The largest absolute Gasteiger partial charge is 0.447 e. The smallest absolute Gasteiger partial charge is 0.411 e. The Morgan fingerprint density at radius 1 is 0.932 bits per heavy atom. The molecule has 0 atom stereocenters. The molecule has 12 heteroatoms. The van der Waals surface area contributed by atoms with Gasteiger partial charge in [0.15, 0.2) is 0 Å². The quantitative estimate of drug-likeness (QED) is 0.172. The van der Waals surface area contributed by atoms with E-state index in [-0.39, 0.29) is 24.2 Å². The summed E-state index contributed by atoms with van der Waals surface area (Å²) >= 11 is 1.34. The van der Waals surface area contributed by atoms with Crippen LogP contribution in [0.5, 0.6) is 0 Å². The van der Waals surface area contributed by atoms with E-state index in [1.165, 1.54) is 11.3 Å². The second-order valence-corrected chi connectivity index (χ2v) is 14.0. The van der Waals surface area contributed by atoms with Gasteiger partial charge in [0.1, 0.15) is 11.6 Å². The van der Waals surface area contributed by atoms with Crippen molar-refractivity contribution in [2.75, 3.05) is 5.32 Å². The molecule has 0 aliphatic carbocycles. The van der Waals surface area contributed by atoms with E-state index in [4.69, 9.17) is 9.47 Å². The Morgan fingerprint density at radius 2 is 1.64 bits per heavy atom. The fourth-order valence-corrected chi connectivity index (χ4v) is 6.81. The molecule has 0 saturated heterocycles. The SMILES string of the molecule is CC(C)OC(=O)Nc1ccc(-c2ncc(-c3ccc(CNC(=O)OCc4ccccc4)cc3S(=O)(=O)NC(C)(C)C)s2)cc1. The van der Waals surface area contributed by atoms with Crippen molar-refractivity contribution in [1.82, 2.24) is 15.0 Å². The zero-order valence-electron chi connectivity index (χ0n) is 25.2. The molecule has 3 N–H and O–H groups in total. The van der Waals surface area contributed by atoms with E-state index in [9.17, 15) is 18.0 Å².